The highest BCUT2D eigenvalue weighted by Crippen LogP contribution is 2.36. The van der Waals surface area contributed by atoms with E-state index in [-0.39, 0.29) is 17.1 Å². The molecule has 2 aromatic carbocycles. The molecular weight excluding hydrogens is 456 g/mol. The van der Waals surface area contributed by atoms with Gasteiger partial charge in [-0.3, -0.25) is 9.59 Å². The van der Waals surface area contributed by atoms with Gasteiger partial charge in [-0.05, 0) is 54.6 Å². The molecule has 6 nitrogen and oxygen atoms in total. The summed E-state index contributed by atoms with van der Waals surface area (Å²) < 4.78 is 83.1. The van der Waals surface area contributed by atoms with Crippen LogP contribution in [0.25, 0.3) is 0 Å². The van der Waals surface area contributed by atoms with Crippen molar-refractivity contribution in [1.82, 2.24) is 0 Å². The van der Waals surface area contributed by atoms with Crippen molar-refractivity contribution >= 4 is 28.9 Å². The highest BCUT2D eigenvalue weighted by atomic mass is 19.4. The van der Waals surface area contributed by atoms with Crippen LogP contribution in [-0.4, -0.2) is 18.4 Å². The van der Waals surface area contributed by atoms with E-state index in [1.807, 2.05) is 0 Å². The lowest BCUT2D eigenvalue weighted by atomic mass is 10.1. The maximum atomic E-state index is 13.5. The Labute approximate surface area is 182 Å². The van der Waals surface area contributed by atoms with Crippen LogP contribution in [0.15, 0.2) is 65.3 Å². The predicted octanol–water partition coefficient (Wildman–Crippen LogP) is 5.62. The number of furan rings is 1. The zero-order valence-corrected chi connectivity index (χ0v) is 16.5. The Hall–Kier alpha value is -3.96. The van der Waals surface area contributed by atoms with Gasteiger partial charge in [-0.1, -0.05) is 0 Å². The molecule has 1 heterocycles. The van der Waals surface area contributed by atoms with Crippen molar-refractivity contribution in [2.45, 2.75) is 12.4 Å². The van der Waals surface area contributed by atoms with Gasteiger partial charge in [-0.15, -0.1) is 0 Å². The van der Waals surface area contributed by atoms with E-state index >= 15 is 0 Å². The first-order valence-corrected chi connectivity index (χ1v) is 9.20. The number of hydrogen-bond acceptors (Lipinski definition) is 4. The third-order valence-electron chi connectivity index (χ3n) is 4.26. The molecule has 0 aliphatic heterocycles. The lowest BCUT2D eigenvalue weighted by Gasteiger charge is -2.16. The Kier molecular flexibility index (Phi) is 6.65. The zero-order chi connectivity index (χ0) is 24.2. The summed E-state index contributed by atoms with van der Waals surface area (Å²) in [6, 6.07) is 9.29. The largest absolute Gasteiger partial charge is 0.459 e. The predicted molar refractivity (Wildman–Crippen MR) is 107 cm³/mol. The summed E-state index contributed by atoms with van der Waals surface area (Å²) in [6.07, 6.45) is -8.11. The van der Waals surface area contributed by atoms with Gasteiger partial charge < -0.3 is 20.4 Å². The molecule has 3 N–H and O–H groups in total. The fraction of sp³-hybridized carbons (Fsp3) is 0.143. The molecule has 0 bridgehead atoms. The molecule has 0 saturated carbocycles. The number of carbonyl (C=O) groups is 2. The number of halogens is 6. The number of rotatable bonds is 6. The maximum absolute atomic E-state index is 13.5. The Morgan fingerprint density at radius 1 is 0.818 bits per heavy atom. The van der Waals surface area contributed by atoms with Crippen LogP contribution in [0.2, 0.25) is 0 Å². The summed E-state index contributed by atoms with van der Waals surface area (Å²) >= 11 is 0. The SMILES string of the molecule is O=C(CNc1ccc(NC(=O)c2ccco2)cc1C(F)(F)F)Nc1ccc(C(F)(F)F)cc1. The van der Waals surface area contributed by atoms with E-state index in [1.165, 1.54) is 24.5 Å². The minimum atomic E-state index is -4.81. The fourth-order valence-corrected chi connectivity index (χ4v) is 2.73. The van der Waals surface area contributed by atoms with Crippen LogP contribution in [0.1, 0.15) is 21.7 Å². The zero-order valence-electron chi connectivity index (χ0n) is 16.5. The van der Waals surface area contributed by atoms with Gasteiger partial charge in [0.1, 0.15) is 0 Å². The van der Waals surface area contributed by atoms with Crippen molar-refractivity contribution < 1.29 is 40.3 Å². The van der Waals surface area contributed by atoms with Crippen LogP contribution < -0.4 is 16.0 Å². The van der Waals surface area contributed by atoms with Gasteiger partial charge in [0.15, 0.2) is 5.76 Å². The number of hydrogen-bond donors (Lipinski definition) is 3. The first kappa shape index (κ1) is 23.7. The van der Waals surface area contributed by atoms with Crippen molar-refractivity contribution in [2.24, 2.45) is 0 Å². The van der Waals surface area contributed by atoms with Gasteiger partial charge in [0.25, 0.3) is 5.91 Å². The molecule has 0 saturated heterocycles. The summed E-state index contributed by atoms with van der Waals surface area (Å²) in [5, 5.41) is 6.90. The third-order valence-corrected chi connectivity index (χ3v) is 4.26. The second-order valence-corrected chi connectivity index (χ2v) is 6.67. The van der Waals surface area contributed by atoms with Crippen LogP contribution in [0.5, 0.6) is 0 Å². The van der Waals surface area contributed by atoms with Crippen LogP contribution in [0.4, 0.5) is 43.4 Å². The van der Waals surface area contributed by atoms with E-state index in [2.05, 4.69) is 16.0 Å². The lowest BCUT2D eigenvalue weighted by molar-refractivity contribution is -0.138. The number of amides is 2. The van der Waals surface area contributed by atoms with Crippen molar-refractivity contribution in [2.75, 3.05) is 22.5 Å². The van der Waals surface area contributed by atoms with Crippen molar-refractivity contribution in [3.63, 3.8) is 0 Å². The number of anilines is 3. The first-order valence-electron chi connectivity index (χ1n) is 9.20. The van der Waals surface area contributed by atoms with Gasteiger partial charge in [0.05, 0.1) is 23.9 Å². The summed E-state index contributed by atoms with van der Waals surface area (Å²) in [4.78, 5) is 24.0. The number of alkyl halides is 6. The minimum Gasteiger partial charge on any atom is -0.459 e. The molecule has 0 spiro atoms. The van der Waals surface area contributed by atoms with Gasteiger partial charge >= 0.3 is 12.4 Å². The standard InChI is InChI=1S/C21H15F6N3O3/c22-20(23,24)12-3-5-13(6-4-12)29-18(31)11-28-16-8-7-14(10-15(16)21(25,26)27)30-19(32)17-2-1-9-33-17/h1-10,28H,11H2,(H,29,31)(H,30,32). The molecule has 174 valence electrons. The third kappa shape index (κ3) is 6.28. The summed E-state index contributed by atoms with van der Waals surface area (Å²) in [5.74, 6) is -1.62. The highest BCUT2D eigenvalue weighted by molar-refractivity contribution is 6.02. The molecule has 33 heavy (non-hydrogen) atoms. The quantitative estimate of drug-likeness (QED) is 0.408. The minimum absolute atomic E-state index is 0.0434. The normalized spacial score (nSPS) is 11.7. The molecule has 0 aliphatic carbocycles. The molecule has 3 aromatic rings. The number of carbonyl (C=O) groups excluding carboxylic acids is 2. The molecule has 1 aromatic heterocycles. The van der Waals surface area contributed by atoms with Gasteiger partial charge in [-0.2, -0.15) is 26.3 Å². The fourth-order valence-electron chi connectivity index (χ4n) is 2.73. The van der Waals surface area contributed by atoms with Crippen molar-refractivity contribution in [3.05, 3.63) is 77.7 Å². The second kappa shape index (κ2) is 9.27. The van der Waals surface area contributed by atoms with Gasteiger partial charge in [-0.25, -0.2) is 0 Å². The molecule has 3 rings (SSSR count). The molecule has 0 unspecified atom stereocenters. The number of benzene rings is 2. The van der Waals surface area contributed by atoms with Gasteiger partial charge in [0, 0.05) is 17.1 Å². The molecule has 0 aliphatic rings. The monoisotopic (exact) mass is 471 g/mol. The van der Waals surface area contributed by atoms with Gasteiger partial charge in [0.2, 0.25) is 5.91 Å². The summed E-state index contributed by atoms with van der Waals surface area (Å²) in [7, 11) is 0. The van der Waals surface area contributed by atoms with Crippen LogP contribution in [-0.2, 0) is 17.1 Å². The van der Waals surface area contributed by atoms with E-state index in [1.54, 1.807) is 0 Å². The Morgan fingerprint density at radius 2 is 1.48 bits per heavy atom. The van der Waals surface area contributed by atoms with E-state index < -0.39 is 47.5 Å². The smallest absolute Gasteiger partial charge is 0.418 e. The summed E-state index contributed by atoms with van der Waals surface area (Å²) in [5.41, 5.74) is -2.58. The average molecular weight is 471 g/mol. The molecular formula is C21H15F6N3O3. The molecule has 2 amide bonds. The second-order valence-electron chi connectivity index (χ2n) is 6.67. The molecule has 0 atom stereocenters. The van der Waals surface area contributed by atoms with E-state index in [0.29, 0.717) is 6.07 Å². The van der Waals surface area contributed by atoms with E-state index in [9.17, 15) is 35.9 Å². The van der Waals surface area contributed by atoms with Crippen LogP contribution in [0, 0.1) is 0 Å². The lowest BCUT2D eigenvalue weighted by Crippen LogP contribution is -2.23. The summed E-state index contributed by atoms with van der Waals surface area (Å²) in [6.45, 7) is -0.595. The van der Waals surface area contributed by atoms with E-state index in [4.69, 9.17) is 4.42 Å². The molecule has 0 fully saturated rings. The Balaban J connectivity index is 1.67. The van der Waals surface area contributed by atoms with E-state index in [0.717, 1.165) is 30.3 Å². The number of nitrogens with one attached hydrogen (secondary N) is 3. The maximum Gasteiger partial charge on any atom is 0.418 e. The first-order chi connectivity index (χ1) is 15.4. The topological polar surface area (TPSA) is 83.4 Å². The highest BCUT2D eigenvalue weighted by Gasteiger charge is 2.34. The Bertz CT molecular complexity index is 1120. The average Bonchev–Trinajstić information content (AvgIpc) is 3.27. The Morgan fingerprint density at radius 3 is 2.06 bits per heavy atom. The van der Waals surface area contributed by atoms with Crippen molar-refractivity contribution in [1.29, 1.82) is 0 Å². The van der Waals surface area contributed by atoms with Crippen LogP contribution in [0.3, 0.4) is 0 Å². The molecule has 0 radical (unpaired) electrons. The van der Waals surface area contributed by atoms with Crippen LogP contribution >= 0.6 is 0 Å². The molecule has 12 heteroatoms. The van der Waals surface area contributed by atoms with Crippen molar-refractivity contribution in [3.8, 4) is 0 Å².